The third-order valence-corrected chi connectivity index (χ3v) is 7.83. The summed E-state index contributed by atoms with van der Waals surface area (Å²) >= 11 is 0. The molecular formula is C38H52O4. The summed E-state index contributed by atoms with van der Waals surface area (Å²) < 4.78 is 17.6. The van der Waals surface area contributed by atoms with Gasteiger partial charge in [0.2, 0.25) is 0 Å². The van der Waals surface area contributed by atoms with Gasteiger partial charge in [-0.1, -0.05) is 108 Å². The van der Waals surface area contributed by atoms with E-state index in [0.29, 0.717) is 17.9 Å². The van der Waals surface area contributed by atoms with Crippen molar-refractivity contribution in [2.24, 2.45) is 0 Å². The van der Waals surface area contributed by atoms with Gasteiger partial charge in [0.1, 0.15) is 11.5 Å². The first kappa shape index (κ1) is 33.4. The van der Waals surface area contributed by atoms with Crippen molar-refractivity contribution in [3.8, 4) is 22.6 Å². The Morgan fingerprint density at radius 2 is 1.17 bits per heavy atom. The molecule has 0 aliphatic heterocycles. The van der Waals surface area contributed by atoms with E-state index in [9.17, 15) is 4.79 Å². The molecule has 0 spiro atoms. The molecule has 4 nitrogen and oxygen atoms in total. The molecule has 42 heavy (non-hydrogen) atoms. The van der Waals surface area contributed by atoms with Gasteiger partial charge in [0, 0.05) is 6.61 Å². The smallest absolute Gasteiger partial charge is 0.343 e. The lowest BCUT2D eigenvalue weighted by atomic mass is 10.0. The average molecular weight is 573 g/mol. The molecule has 0 radical (unpaired) electrons. The number of carbonyl (C=O) groups excluding carboxylic acids is 1. The van der Waals surface area contributed by atoms with Crippen LogP contribution in [0.15, 0.2) is 72.8 Å². The van der Waals surface area contributed by atoms with Gasteiger partial charge in [-0.05, 0) is 86.2 Å². The second-order valence-electron chi connectivity index (χ2n) is 11.3. The van der Waals surface area contributed by atoms with Crippen molar-refractivity contribution in [1.29, 1.82) is 0 Å². The minimum absolute atomic E-state index is 0.0733. The lowest BCUT2D eigenvalue weighted by Gasteiger charge is -2.19. The summed E-state index contributed by atoms with van der Waals surface area (Å²) in [5.41, 5.74) is 3.81. The van der Waals surface area contributed by atoms with Crippen molar-refractivity contribution < 1.29 is 19.0 Å². The van der Waals surface area contributed by atoms with Gasteiger partial charge in [-0.25, -0.2) is 4.79 Å². The summed E-state index contributed by atoms with van der Waals surface area (Å²) in [5.74, 6) is 0.974. The van der Waals surface area contributed by atoms with Crippen LogP contribution in [-0.2, 0) is 4.74 Å². The zero-order valence-corrected chi connectivity index (χ0v) is 26.4. The Labute approximate surface area is 254 Å². The fraction of sp³-hybridized carbons (Fsp3) is 0.500. The molecule has 0 aromatic heterocycles. The van der Waals surface area contributed by atoms with Crippen LogP contribution in [0.4, 0.5) is 0 Å². The van der Waals surface area contributed by atoms with E-state index >= 15 is 0 Å². The fourth-order valence-corrected chi connectivity index (χ4v) is 5.30. The molecule has 0 saturated heterocycles. The Morgan fingerprint density at radius 1 is 0.619 bits per heavy atom. The molecule has 3 aromatic carbocycles. The number of esters is 1. The number of unbranched alkanes of at least 4 members (excludes halogenated alkanes) is 8. The number of hydrogen-bond acceptors (Lipinski definition) is 4. The predicted octanol–water partition coefficient (Wildman–Crippen LogP) is 11.1. The standard InChI is InChI=1S/C38H52O4/c1-5-8-9-10-11-12-13-14-15-17-35(16-6-2)41-36-26-28-37(29-27-36)42-38(39)34-24-22-33(23-25-34)32-20-18-31(19-21-32)30(4)40-7-3/h18-30,35H,5-17H2,1-4H3. The van der Waals surface area contributed by atoms with Gasteiger partial charge >= 0.3 is 5.97 Å². The molecule has 0 aliphatic rings. The quantitative estimate of drug-likeness (QED) is 0.0767. The van der Waals surface area contributed by atoms with E-state index < -0.39 is 0 Å². The van der Waals surface area contributed by atoms with Gasteiger partial charge in [-0.15, -0.1) is 0 Å². The number of benzene rings is 3. The Hall–Kier alpha value is -3.11. The van der Waals surface area contributed by atoms with E-state index in [1.807, 2.05) is 55.5 Å². The minimum Gasteiger partial charge on any atom is -0.490 e. The van der Waals surface area contributed by atoms with Crippen LogP contribution in [0.5, 0.6) is 11.5 Å². The maximum Gasteiger partial charge on any atom is 0.343 e. The van der Waals surface area contributed by atoms with Crippen molar-refractivity contribution in [2.45, 2.75) is 117 Å². The zero-order valence-electron chi connectivity index (χ0n) is 26.4. The Bertz CT molecular complexity index is 1140. The van der Waals surface area contributed by atoms with Crippen molar-refractivity contribution in [1.82, 2.24) is 0 Å². The molecule has 0 aliphatic carbocycles. The van der Waals surface area contributed by atoms with Crippen LogP contribution in [0, 0.1) is 0 Å². The van der Waals surface area contributed by atoms with Gasteiger partial charge in [0.25, 0.3) is 0 Å². The number of ether oxygens (including phenoxy) is 3. The molecule has 3 aromatic rings. The van der Waals surface area contributed by atoms with Crippen molar-refractivity contribution >= 4 is 5.97 Å². The van der Waals surface area contributed by atoms with E-state index in [4.69, 9.17) is 14.2 Å². The SMILES string of the molecule is CCCCCCCCCCCC(CCC)Oc1ccc(OC(=O)c2ccc(-c3ccc(C(C)OCC)cc3)cc2)cc1. The monoisotopic (exact) mass is 572 g/mol. The minimum atomic E-state index is -0.370. The molecule has 0 heterocycles. The lowest BCUT2D eigenvalue weighted by molar-refractivity contribution is 0.0734. The fourth-order valence-electron chi connectivity index (χ4n) is 5.30. The highest BCUT2D eigenvalue weighted by Crippen LogP contribution is 2.26. The summed E-state index contributed by atoms with van der Waals surface area (Å²) in [6.45, 7) is 9.23. The Balaban J connectivity index is 1.44. The maximum atomic E-state index is 12.8. The number of carbonyl (C=O) groups is 1. The maximum absolute atomic E-state index is 12.8. The molecule has 228 valence electrons. The number of rotatable bonds is 20. The topological polar surface area (TPSA) is 44.8 Å². The van der Waals surface area contributed by atoms with Gasteiger partial charge in [0.15, 0.2) is 0 Å². The Morgan fingerprint density at radius 3 is 1.74 bits per heavy atom. The largest absolute Gasteiger partial charge is 0.490 e. The van der Waals surface area contributed by atoms with E-state index in [1.54, 1.807) is 0 Å². The molecule has 0 N–H and O–H groups in total. The number of hydrogen-bond donors (Lipinski definition) is 0. The van der Waals surface area contributed by atoms with Crippen LogP contribution < -0.4 is 9.47 Å². The molecule has 2 atom stereocenters. The molecule has 0 fully saturated rings. The molecule has 4 heteroatoms. The van der Waals surface area contributed by atoms with E-state index in [2.05, 4.69) is 45.0 Å². The summed E-state index contributed by atoms with van der Waals surface area (Å²) in [4.78, 5) is 12.8. The van der Waals surface area contributed by atoms with Crippen LogP contribution in [-0.4, -0.2) is 18.7 Å². The van der Waals surface area contributed by atoms with E-state index in [1.165, 1.54) is 57.8 Å². The molecule has 0 amide bonds. The van der Waals surface area contributed by atoms with E-state index in [-0.39, 0.29) is 18.2 Å². The summed E-state index contributed by atoms with van der Waals surface area (Å²) in [7, 11) is 0. The molecule has 2 unspecified atom stereocenters. The summed E-state index contributed by atoms with van der Waals surface area (Å²) in [6.07, 6.45) is 15.6. The highest BCUT2D eigenvalue weighted by atomic mass is 16.5. The molecule has 0 bridgehead atoms. The first-order valence-electron chi connectivity index (χ1n) is 16.3. The van der Waals surface area contributed by atoms with Crippen LogP contribution >= 0.6 is 0 Å². The van der Waals surface area contributed by atoms with Crippen LogP contribution in [0.25, 0.3) is 11.1 Å². The zero-order chi connectivity index (χ0) is 30.0. The van der Waals surface area contributed by atoms with Gasteiger partial charge in [-0.2, -0.15) is 0 Å². The third-order valence-electron chi connectivity index (χ3n) is 7.83. The first-order valence-corrected chi connectivity index (χ1v) is 16.3. The third kappa shape index (κ3) is 11.6. The highest BCUT2D eigenvalue weighted by Gasteiger charge is 2.12. The lowest BCUT2D eigenvalue weighted by Crippen LogP contribution is -2.16. The molecule has 3 rings (SSSR count). The highest BCUT2D eigenvalue weighted by molar-refractivity contribution is 5.91. The predicted molar refractivity (Wildman–Crippen MR) is 174 cm³/mol. The van der Waals surface area contributed by atoms with E-state index in [0.717, 1.165) is 41.7 Å². The normalized spacial score (nSPS) is 12.6. The molecule has 0 saturated carbocycles. The van der Waals surface area contributed by atoms with Crippen LogP contribution in [0.2, 0.25) is 0 Å². The van der Waals surface area contributed by atoms with Crippen molar-refractivity contribution in [3.05, 3.63) is 83.9 Å². The van der Waals surface area contributed by atoms with Crippen molar-refractivity contribution in [2.75, 3.05) is 6.61 Å². The summed E-state index contributed by atoms with van der Waals surface area (Å²) in [5, 5.41) is 0. The Kier molecular flexibility index (Phi) is 15.2. The van der Waals surface area contributed by atoms with Crippen LogP contribution in [0.3, 0.4) is 0 Å². The van der Waals surface area contributed by atoms with Crippen LogP contribution in [0.1, 0.15) is 127 Å². The molecular weight excluding hydrogens is 520 g/mol. The van der Waals surface area contributed by atoms with Crippen molar-refractivity contribution in [3.63, 3.8) is 0 Å². The second-order valence-corrected chi connectivity index (χ2v) is 11.3. The average Bonchev–Trinajstić information content (AvgIpc) is 3.01. The van der Waals surface area contributed by atoms with Gasteiger partial charge in [0.05, 0.1) is 17.8 Å². The summed E-state index contributed by atoms with van der Waals surface area (Å²) in [6, 6.07) is 23.3. The first-order chi connectivity index (χ1) is 20.5. The second kappa shape index (κ2) is 19.2. The van der Waals surface area contributed by atoms with Gasteiger partial charge < -0.3 is 14.2 Å². The van der Waals surface area contributed by atoms with Gasteiger partial charge in [-0.3, -0.25) is 0 Å².